The number of hydrogen-bond acceptors (Lipinski definition) is 7. The zero-order valence-corrected chi connectivity index (χ0v) is 21.2. The predicted octanol–water partition coefficient (Wildman–Crippen LogP) is 4.44. The maximum atomic E-state index is 13.8. The first kappa shape index (κ1) is 26.4. The van der Waals surface area contributed by atoms with Gasteiger partial charge in [0.25, 0.3) is 0 Å². The summed E-state index contributed by atoms with van der Waals surface area (Å²) in [5.74, 6) is 0.603. The van der Waals surface area contributed by atoms with E-state index in [9.17, 15) is 18.0 Å². The number of halogens is 3. The lowest BCUT2D eigenvalue weighted by molar-refractivity contribution is -0.138. The molecule has 13 heteroatoms. The number of rotatable bonds is 6. The molecule has 0 spiro atoms. The van der Waals surface area contributed by atoms with Gasteiger partial charge in [0, 0.05) is 36.7 Å². The van der Waals surface area contributed by atoms with Crippen LogP contribution >= 0.6 is 0 Å². The number of hydrogen-bond donors (Lipinski definition) is 4. The van der Waals surface area contributed by atoms with Gasteiger partial charge in [-0.3, -0.25) is 9.47 Å². The molecule has 2 aromatic heterocycles. The first-order valence-electron chi connectivity index (χ1n) is 12.4. The van der Waals surface area contributed by atoms with Gasteiger partial charge < -0.3 is 21.7 Å². The van der Waals surface area contributed by atoms with Gasteiger partial charge in [0.05, 0.1) is 5.56 Å². The van der Waals surface area contributed by atoms with Crippen LogP contribution < -0.4 is 21.7 Å². The monoisotopic (exact) mass is 539 g/mol. The molecule has 1 fully saturated rings. The van der Waals surface area contributed by atoms with Gasteiger partial charge in [-0.25, -0.2) is 19.7 Å². The summed E-state index contributed by atoms with van der Waals surface area (Å²) in [6.07, 6.45) is 0.0194. The number of aromatic nitrogens is 4. The van der Waals surface area contributed by atoms with Crippen LogP contribution in [0.4, 0.5) is 35.2 Å². The Balaban J connectivity index is 1.26. The highest BCUT2D eigenvalue weighted by Crippen LogP contribution is 2.35. The fraction of sp³-hybridized carbons (Fsp3) is 0.308. The number of piperidine rings is 1. The highest BCUT2D eigenvalue weighted by molar-refractivity contribution is 5.99. The zero-order chi connectivity index (χ0) is 27.6. The van der Waals surface area contributed by atoms with Crippen LogP contribution in [0.25, 0.3) is 16.9 Å². The predicted molar refractivity (Wildman–Crippen MR) is 143 cm³/mol. The Morgan fingerprint density at radius 1 is 1.03 bits per heavy atom. The highest BCUT2D eigenvalue weighted by Gasteiger charge is 2.34. The van der Waals surface area contributed by atoms with Gasteiger partial charge >= 0.3 is 12.2 Å². The number of carbonyl (C=O) groups is 1. The molecule has 0 bridgehead atoms. The minimum Gasteiger partial charge on any atom is -0.371 e. The fourth-order valence-corrected chi connectivity index (χ4v) is 4.61. The number of imidazole rings is 1. The molecule has 39 heavy (non-hydrogen) atoms. The Labute approximate surface area is 222 Å². The second kappa shape index (κ2) is 10.9. The molecule has 0 unspecified atom stereocenters. The molecule has 1 aliphatic rings. The van der Waals surface area contributed by atoms with Crippen LogP contribution in [0.5, 0.6) is 0 Å². The number of nitrogens with two attached hydrogens (primary N) is 1. The molecule has 2 aromatic carbocycles. The molecule has 1 saturated heterocycles. The molecule has 2 amide bonds. The van der Waals surface area contributed by atoms with E-state index in [0.29, 0.717) is 35.8 Å². The SMILES string of the molecule is CNc1ncnc2c1ncn2-c1ccc(NC(=O)Nc2ccc(CN3CCC(N)CC3)c(C(F)(F)F)c2)cc1. The van der Waals surface area contributed by atoms with Gasteiger partial charge in [-0.2, -0.15) is 13.2 Å². The van der Waals surface area contributed by atoms with Crippen LogP contribution in [0.2, 0.25) is 0 Å². The van der Waals surface area contributed by atoms with Crippen molar-refractivity contribution < 1.29 is 18.0 Å². The van der Waals surface area contributed by atoms with Gasteiger partial charge in [-0.15, -0.1) is 0 Å². The molecule has 10 nitrogen and oxygen atoms in total. The number of amides is 2. The molecule has 0 atom stereocenters. The van der Waals surface area contributed by atoms with E-state index in [1.165, 1.54) is 18.5 Å². The summed E-state index contributed by atoms with van der Waals surface area (Å²) < 4.78 is 43.3. The van der Waals surface area contributed by atoms with Crippen molar-refractivity contribution in [3.63, 3.8) is 0 Å². The molecular weight excluding hydrogens is 511 g/mol. The molecule has 1 aliphatic heterocycles. The Hall–Kier alpha value is -4.23. The van der Waals surface area contributed by atoms with Crippen LogP contribution in [0, 0.1) is 0 Å². The number of carbonyl (C=O) groups excluding carboxylic acids is 1. The highest BCUT2D eigenvalue weighted by atomic mass is 19.4. The van der Waals surface area contributed by atoms with E-state index in [2.05, 4.69) is 30.9 Å². The lowest BCUT2D eigenvalue weighted by Crippen LogP contribution is -2.39. The van der Waals surface area contributed by atoms with Crippen LogP contribution in [-0.4, -0.2) is 56.6 Å². The normalized spacial score (nSPS) is 14.9. The van der Waals surface area contributed by atoms with Gasteiger partial charge in [-0.05, 0) is 67.9 Å². The summed E-state index contributed by atoms with van der Waals surface area (Å²) in [5.41, 5.74) is 7.80. The first-order chi connectivity index (χ1) is 18.7. The second-order valence-electron chi connectivity index (χ2n) is 9.37. The maximum absolute atomic E-state index is 13.8. The van der Waals surface area contributed by atoms with Crippen molar-refractivity contribution in [2.45, 2.75) is 31.6 Å². The quantitative estimate of drug-likeness (QED) is 0.285. The topological polar surface area (TPSA) is 126 Å². The summed E-state index contributed by atoms with van der Waals surface area (Å²) in [4.78, 5) is 27.3. The Kier molecular flexibility index (Phi) is 7.35. The number of benzene rings is 2. The van der Waals surface area contributed by atoms with Crippen molar-refractivity contribution >= 4 is 34.4 Å². The van der Waals surface area contributed by atoms with E-state index >= 15 is 0 Å². The maximum Gasteiger partial charge on any atom is 0.416 e. The Bertz CT molecular complexity index is 1460. The number of nitrogens with one attached hydrogen (secondary N) is 3. The number of fused-ring (bicyclic) bond motifs is 1. The van der Waals surface area contributed by atoms with Crippen molar-refractivity contribution in [3.05, 3.63) is 66.2 Å². The van der Waals surface area contributed by atoms with Gasteiger partial charge in [0.1, 0.15) is 12.7 Å². The summed E-state index contributed by atoms with van der Waals surface area (Å²) in [6, 6.07) is 10.2. The molecule has 0 saturated carbocycles. The van der Waals surface area contributed by atoms with Crippen molar-refractivity contribution in [2.75, 3.05) is 36.1 Å². The molecule has 0 aliphatic carbocycles. The summed E-state index contributed by atoms with van der Waals surface area (Å²) in [7, 11) is 1.75. The number of likely N-dealkylation sites (tertiary alicyclic amines) is 1. The van der Waals surface area contributed by atoms with E-state index in [1.54, 1.807) is 42.2 Å². The average molecular weight is 540 g/mol. The first-order valence-corrected chi connectivity index (χ1v) is 12.4. The van der Waals surface area contributed by atoms with Crippen LogP contribution in [-0.2, 0) is 12.7 Å². The van der Waals surface area contributed by atoms with Crippen LogP contribution in [0.15, 0.2) is 55.1 Å². The second-order valence-corrected chi connectivity index (χ2v) is 9.37. The standard InChI is InChI=1S/C26H28F3N9O/c1-31-23-22-24(33-14-32-23)38(15-34-22)20-6-4-18(5-7-20)35-25(39)36-19-3-2-16(21(12-19)26(27,28)29)13-37-10-8-17(30)9-11-37/h2-7,12,14-15,17H,8-11,13,30H2,1H3,(H,31,32,33)(H2,35,36,39). The van der Waals surface area contributed by atoms with E-state index in [4.69, 9.17) is 5.73 Å². The largest absolute Gasteiger partial charge is 0.416 e. The Morgan fingerprint density at radius 3 is 2.41 bits per heavy atom. The van der Waals surface area contributed by atoms with E-state index in [-0.39, 0.29) is 23.8 Å². The third-order valence-electron chi connectivity index (χ3n) is 6.67. The minimum atomic E-state index is -4.55. The van der Waals surface area contributed by atoms with Gasteiger partial charge in [0.2, 0.25) is 0 Å². The van der Waals surface area contributed by atoms with Gasteiger partial charge in [-0.1, -0.05) is 6.07 Å². The molecule has 3 heterocycles. The lowest BCUT2D eigenvalue weighted by atomic mass is 10.0. The molecular formula is C26H28F3N9O. The number of alkyl halides is 3. The summed E-state index contributed by atoms with van der Waals surface area (Å²) in [6.45, 7) is 1.48. The van der Waals surface area contributed by atoms with Crippen molar-refractivity contribution in [3.8, 4) is 5.69 Å². The molecule has 0 radical (unpaired) electrons. The number of urea groups is 1. The lowest BCUT2D eigenvalue weighted by Gasteiger charge is -2.30. The van der Waals surface area contributed by atoms with Crippen LogP contribution in [0.1, 0.15) is 24.0 Å². The number of anilines is 3. The number of nitrogens with zero attached hydrogens (tertiary/aromatic N) is 5. The van der Waals surface area contributed by atoms with Crippen molar-refractivity contribution in [1.82, 2.24) is 24.4 Å². The third kappa shape index (κ3) is 5.94. The van der Waals surface area contributed by atoms with Crippen molar-refractivity contribution in [1.29, 1.82) is 0 Å². The molecule has 204 valence electrons. The average Bonchev–Trinajstić information content (AvgIpc) is 3.35. The molecule has 5 N–H and O–H groups in total. The molecule has 5 rings (SSSR count). The third-order valence-corrected chi connectivity index (χ3v) is 6.67. The molecule has 4 aromatic rings. The van der Waals surface area contributed by atoms with Crippen molar-refractivity contribution in [2.24, 2.45) is 5.73 Å². The zero-order valence-electron chi connectivity index (χ0n) is 21.2. The Morgan fingerprint density at radius 2 is 1.72 bits per heavy atom. The van der Waals surface area contributed by atoms with Gasteiger partial charge in [0.15, 0.2) is 17.0 Å². The van der Waals surface area contributed by atoms with E-state index < -0.39 is 17.8 Å². The summed E-state index contributed by atoms with van der Waals surface area (Å²) in [5, 5.41) is 8.12. The fourth-order valence-electron chi connectivity index (χ4n) is 4.61. The smallest absolute Gasteiger partial charge is 0.371 e. The summed E-state index contributed by atoms with van der Waals surface area (Å²) >= 11 is 0. The van der Waals surface area contributed by atoms with E-state index in [0.717, 1.165) is 24.6 Å². The van der Waals surface area contributed by atoms with Crippen LogP contribution in [0.3, 0.4) is 0 Å². The minimum absolute atomic E-state index is 0.0470. The van der Waals surface area contributed by atoms with E-state index in [1.807, 2.05) is 4.90 Å².